The molecule has 1 aromatic rings. The van der Waals surface area contributed by atoms with Gasteiger partial charge < -0.3 is 14.8 Å². The monoisotopic (exact) mass is 280 g/mol. The quantitative estimate of drug-likeness (QED) is 0.340. The van der Waals surface area contributed by atoms with E-state index in [0.717, 1.165) is 0 Å². The molecule has 0 saturated heterocycles. The van der Waals surface area contributed by atoms with Crippen molar-refractivity contribution in [2.45, 2.75) is 6.61 Å². The number of non-ortho nitro benzene ring substituents is 1. The first-order chi connectivity index (χ1) is 9.63. The van der Waals surface area contributed by atoms with Crippen molar-refractivity contribution >= 4 is 11.8 Å². The van der Waals surface area contributed by atoms with Gasteiger partial charge in [-0.15, -0.1) is 6.58 Å². The van der Waals surface area contributed by atoms with Gasteiger partial charge in [0.1, 0.15) is 6.61 Å². The molecule has 0 atom stereocenters. The van der Waals surface area contributed by atoms with Crippen molar-refractivity contribution in [3.8, 4) is 0 Å². The zero-order chi connectivity index (χ0) is 14.8. The SMILES string of the molecule is C=CCOCCNC(=O)OCc1ccc([N+](=O)[O-])cc1. The van der Waals surface area contributed by atoms with E-state index >= 15 is 0 Å². The van der Waals surface area contributed by atoms with Gasteiger partial charge in [0.2, 0.25) is 0 Å². The van der Waals surface area contributed by atoms with Crippen LogP contribution in [0.5, 0.6) is 0 Å². The fraction of sp³-hybridized carbons (Fsp3) is 0.308. The van der Waals surface area contributed by atoms with Gasteiger partial charge in [0.25, 0.3) is 5.69 Å². The largest absolute Gasteiger partial charge is 0.445 e. The molecule has 1 rings (SSSR count). The Balaban J connectivity index is 2.23. The smallest absolute Gasteiger partial charge is 0.407 e. The van der Waals surface area contributed by atoms with Crippen LogP contribution in [0.3, 0.4) is 0 Å². The lowest BCUT2D eigenvalue weighted by atomic mass is 10.2. The fourth-order valence-electron chi connectivity index (χ4n) is 1.31. The van der Waals surface area contributed by atoms with Gasteiger partial charge in [0, 0.05) is 18.7 Å². The van der Waals surface area contributed by atoms with E-state index in [4.69, 9.17) is 9.47 Å². The lowest BCUT2D eigenvalue weighted by molar-refractivity contribution is -0.384. The normalized spacial score (nSPS) is 9.80. The topological polar surface area (TPSA) is 90.7 Å². The van der Waals surface area contributed by atoms with E-state index in [1.807, 2.05) is 0 Å². The molecule has 0 aliphatic heterocycles. The number of alkyl carbamates (subject to hydrolysis) is 1. The molecule has 0 saturated carbocycles. The van der Waals surface area contributed by atoms with Crippen molar-refractivity contribution in [1.82, 2.24) is 5.32 Å². The summed E-state index contributed by atoms with van der Waals surface area (Å²) in [6.07, 6.45) is 1.05. The van der Waals surface area contributed by atoms with Gasteiger partial charge in [-0.1, -0.05) is 6.08 Å². The van der Waals surface area contributed by atoms with Crippen molar-refractivity contribution < 1.29 is 19.2 Å². The minimum absolute atomic E-state index is 0.00225. The van der Waals surface area contributed by atoms with E-state index in [-0.39, 0.29) is 12.3 Å². The minimum Gasteiger partial charge on any atom is -0.445 e. The van der Waals surface area contributed by atoms with Gasteiger partial charge in [-0.3, -0.25) is 10.1 Å². The summed E-state index contributed by atoms with van der Waals surface area (Å²) >= 11 is 0. The Bertz CT molecular complexity index is 458. The average molecular weight is 280 g/mol. The number of carbonyl (C=O) groups excluding carboxylic acids is 1. The zero-order valence-electron chi connectivity index (χ0n) is 10.9. The van der Waals surface area contributed by atoms with Crippen LogP contribution in [0.2, 0.25) is 0 Å². The first kappa shape index (κ1) is 15.6. The second-order valence-electron chi connectivity index (χ2n) is 3.79. The Kier molecular flexibility index (Phi) is 6.77. The lowest BCUT2D eigenvalue weighted by Gasteiger charge is -2.07. The van der Waals surface area contributed by atoms with E-state index in [1.54, 1.807) is 18.2 Å². The summed E-state index contributed by atoms with van der Waals surface area (Å²) < 4.78 is 10.0. The molecule has 0 unspecified atom stereocenters. The molecule has 0 aliphatic carbocycles. The average Bonchev–Trinajstić information content (AvgIpc) is 2.45. The van der Waals surface area contributed by atoms with Crippen LogP contribution in [0.4, 0.5) is 10.5 Å². The minimum atomic E-state index is -0.564. The molecule has 108 valence electrons. The Morgan fingerprint density at radius 1 is 1.40 bits per heavy atom. The van der Waals surface area contributed by atoms with E-state index in [0.29, 0.717) is 25.3 Å². The van der Waals surface area contributed by atoms with Crippen LogP contribution in [-0.2, 0) is 16.1 Å². The van der Waals surface area contributed by atoms with Gasteiger partial charge in [-0.05, 0) is 17.7 Å². The maximum absolute atomic E-state index is 11.3. The van der Waals surface area contributed by atoms with E-state index in [2.05, 4.69) is 11.9 Å². The number of nitrogens with one attached hydrogen (secondary N) is 1. The number of nitro benzene ring substituents is 1. The highest BCUT2D eigenvalue weighted by molar-refractivity contribution is 5.67. The highest BCUT2D eigenvalue weighted by Crippen LogP contribution is 2.12. The number of hydrogen-bond donors (Lipinski definition) is 1. The van der Waals surface area contributed by atoms with Gasteiger partial charge in [-0.25, -0.2) is 4.79 Å². The second kappa shape index (κ2) is 8.65. The molecule has 7 nitrogen and oxygen atoms in total. The maximum atomic E-state index is 11.3. The van der Waals surface area contributed by atoms with E-state index < -0.39 is 11.0 Å². The van der Waals surface area contributed by atoms with Crippen LogP contribution in [0, 0.1) is 10.1 Å². The Hall–Kier alpha value is -2.41. The third-order valence-electron chi connectivity index (χ3n) is 2.27. The lowest BCUT2D eigenvalue weighted by Crippen LogP contribution is -2.27. The summed E-state index contributed by atoms with van der Waals surface area (Å²) in [4.78, 5) is 21.3. The van der Waals surface area contributed by atoms with Gasteiger partial charge >= 0.3 is 6.09 Å². The molecule has 0 aliphatic rings. The molecular weight excluding hydrogens is 264 g/mol. The van der Waals surface area contributed by atoms with Gasteiger partial charge in [-0.2, -0.15) is 0 Å². The molecule has 0 heterocycles. The van der Waals surface area contributed by atoms with Crippen LogP contribution < -0.4 is 5.32 Å². The van der Waals surface area contributed by atoms with Crippen LogP contribution >= 0.6 is 0 Å². The first-order valence-electron chi connectivity index (χ1n) is 5.96. The summed E-state index contributed by atoms with van der Waals surface area (Å²) in [5.74, 6) is 0. The molecule has 1 amide bonds. The van der Waals surface area contributed by atoms with Crippen LogP contribution in [0.1, 0.15) is 5.56 Å². The van der Waals surface area contributed by atoms with Gasteiger partial charge in [0.05, 0.1) is 18.1 Å². The highest BCUT2D eigenvalue weighted by atomic mass is 16.6. The van der Waals surface area contributed by atoms with E-state index in [1.165, 1.54) is 12.1 Å². The Morgan fingerprint density at radius 3 is 2.70 bits per heavy atom. The summed E-state index contributed by atoms with van der Waals surface area (Å²) in [6.45, 7) is 4.69. The van der Waals surface area contributed by atoms with Crippen LogP contribution in [0.15, 0.2) is 36.9 Å². The molecule has 0 bridgehead atoms. The summed E-state index contributed by atoms with van der Waals surface area (Å²) in [7, 11) is 0. The molecule has 0 fully saturated rings. The Morgan fingerprint density at radius 2 is 2.10 bits per heavy atom. The zero-order valence-corrected chi connectivity index (χ0v) is 10.9. The molecule has 0 radical (unpaired) electrons. The predicted molar refractivity (Wildman–Crippen MR) is 72.3 cm³/mol. The Labute approximate surface area is 116 Å². The molecule has 1 N–H and O–H groups in total. The number of nitro groups is 1. The summed E-state index contributed by atoms with van der Waals surface area (Å²) in [6, 6.07) is 5.80. The molecule has 1 aromatic carbocycles. The third-order valence-corrected chi connectivity index (χ3v) is 2.27. The maximum Gasteiger partial charge on any atom is 0.407 e. The number of amides is 1. The third kappa shape index (κ3) is 5.96. The van der Waals surface area contributed by atoms with Crippen molar-refractivity contribution in [1.29, 1.82) is 0 Å². The molecule has 7 heteroatoms. The van der Waals surface area contributed by atoms with Crippen LogP contribution in [-0.4, -0.2) is 30.8 Å². The number of hydrogen-bond acceptors (Lipinski definition) is 5. The first-order valence-corrected chi connectivity index (χ1v) is 5.96. The standard InChI is InChI=1S/C13H16N2O5/c1-2-8-19-9-7-14-13(16)20-10-11-3-5-12(6-4-11)15(17)18/h2-6H,1,7-10H2,(H,14,16). The number of nitrogens with zero attached hydrogens (tertiary/aromatic N) is 1. The van der Waals surface area contributed by atoms with Crippen molar-refractivity contribution in [3.63, 3.8) is 0 Å². The number of rotatable bonds is 8. The van der Waals surface area contributed by atoms with Crippen LogP contribution in [0.25, 0.3) is 0 Å². The van der Waals surface area contributed by atoms with Crippen molar-refractivity contribution in [2.24, 2.45) is 0 Å². The summed E-state index contributed by atoms with van der Waals surface area (Å²) in [5.41, 5.74) is 0.672. The number of benzene rings is 1. The second-order valence-corrected chi connectivity index (χ2v) is 3.79. The fourth-order valence-corrected chi connectivity index (χ4v) is 1.31. The molecular formula is C13H16N2O5. The highest BCUT2D eigenvalue weighted by Gasteiger charge is 2.05. The molecule has 20 heavy (non-hydrogen) atoms. The summed E-state index contributed by atoms with van der Waals surface area (Å²) in [5, 5.41) is 13.0. The van der Waals surface area contributed by atoms with Gasteiger partial charge in [0.15, 0.2) is 0 Å². The van der Waals surface area contributed by atoms with Crippen molar-refractivity contribution in [2.75, 3.05) is 19.8 Å². The van der Waals surface area contributed by atoms with Crippen molar-refractivity contribution in [3.05, 3.63) is 52.6 Å². The predicted octanol–water partition coefficient (Wildman–Crippen LogP) is 2.02. The molecule has 0 aromatic heterocycles. The number of ether oxygens (including phenoxy) is 2. The molecule has 0 spiro atoms. The number of carbonyl (C=O) groups is 1. The van der Waals surface area contributed by atoms with E-state index in [9.17, 15) is 14.9 Å².